The lowest BCUT2D eigenvalue weighted by Crippen LogP contribution is -2.14. The maximum atomic E-state index is 12.9. The van der Waals surface area contributed by atoms with Crippen LogP contribution < -0.4 is 5.32 Å². The quantitative estimate of drug-likeness (QED) is 0.547. The number of aromatic nitrogens is 2. The zero-order chi connectivity index (χ0) is 17.9. The zero-order valence-corrected chi connectivity index (χ0v) is 15.1. The molecule has 0 fully saturated rings. The third-order valence-corrected chi connectivity index (χ3v) is 5.24. The van der Waals surface area contributed by atoms with Crippen LogP contribution in [0.3, 0.4) is 0 Å². The highest BCUT2D eigenvalue weighted by atomic mass is 32.1. The molecule has 1 N–H and O–H groups in total. The van der Waals surface area contributed by atoms with E-state index in [2.05, 4.69) is 22.2 Å². The summed E-state index contributed by atoms with van der Waals surface area (Å²) in [4.78, 5) is 22.0. The van der Waals surface area contributed by atoms with Crippen molar-refractivity contribution < 1.29 is 4.79 Å². The molecule has 5 heteroatoms. The lowest BCUT2D eigenvalue weighted by atomic mass is 10.1. The maximum absolute atomic E-state index is 12.9. The summed E-state index contributed by atoms with van der Waals surface area (Å²) in [6, 6.07) is 19.3. The van der Waals surface area contributed by atoms with E-state index in [-0.39, 0.29) is 5.91 Å². The predicted octanol–water partition coefficient (Wildman–Crippen LogP) is 5.17. The maximum Gasteiger partial charge on any atom is 0.257 e. The summed E-state index contributed by atoms with van der Waals surface area (Å²) in [5.74, 6) is -0.173. The number of rotatable bonds is 4. The average Bonchev–Trinajstić information content (AvgIpc) is 3.12. The van der Waals surface area contributed by atoms with Crippen LogP contribution in [-0.2, 0) is 6.42 Å². The molecule has 0 spiro atoms. The summed E-state index contributed by atoms with van der Waals surface area (Å²) in [5.41, 5.74) is 3.99. The Labute approximate surface area is 155 Å². The number of carbonyl (C=O) groups excluding carboxylic acids is 1. The molecule has 2 aromatic carbocycles. The van der Waals surface area contributed by atoms with E-state index in [0.29, 0.717) is 11.3 Å². The van der Waals surface area contributed by atoms with E-state index in [1.807, 2.05) is 48.5 Å². The van der Waals surface area contributed by atoms with Crippen LogP contribution >= 0.6 is 11.3 Å². The first kappa shape index (κ1) is 16.4. The second kappa shape index (κ2) is 7.06. The van der Waals surface area contributed by atoms with Gasteiger partial charge in [0.15, 0.2) is 0 Å². The molecule has 0 atom stereocenters. The Morgan fingerprint density at radius 2 is 1.85 bits per heavy atom. The Balaban J connectivity index is 1.72. The van der Waals surface area contributed by atoms with Gasteiger partial charge in [0, 0.05) is 11.9 Å². The van der Waals surface area contributed by atoms with E-state index < -0.39 is 0 Å². The van der Waals surface area contributed by atoms with Crippen LogP contribution in [0, 0.1) is 0 Å². The Kier molecular flexibility index (Phi) is 4.46. The molecule has 0 bridgehead atoms. The molecule has 0 saturated carbocycles. The third-order valence-electron chi connectivity index (χ3n) is 4.20. The van der Waals surface area contributed by atoms with Gasteiger partial charge in [-0.05, 0) is 42.3 Å². The van der Waals surface area contributed by atoms with Crippen LogP contribution in [0.4, 0.5) is 5.69 Å². The number of pyridine rings is 1. The molecule has 128 valence electrons. The van der Waals surface area contributed by atoms with E-state index in [4.69, 9.17) is 0 Å². The summed E-state index contributed by atoms with van der Waals surface area (Å²) < 4.78 is 1.08. The van der Waals surface area contributed by atoms with E-state index in [0.717, 1.165) is 32.9 Å². The Morgan fingerprint density at radius 3 is 2.69 bits per heavy atom. The van der Waals surface area contributed by atoms with Gasteiger partial charge in [0.05, 0.1) is 15.8 Å². The lowest BCUT2D eigenvalue weighted by Gasteiger charge is -2.11. The Hall–Kier alpha value is -3.05. The summed E-state index contributed by atoms with van der Waals surface area (Å²) >= 11 is 1.54. The van der Waals surface area contributed by atoms with Crippen molar-refractivity contribution in [2.75, 3.05) is 5.32 Å². The van der Waals surface area contributed by atoms with Gasteiger partial charge in [-0.3, -0.25) is 9.78 Å². The summed E-state index contributed by atoms with van der Waals surface area (Å²) in [7, 11) is 0. The van der Waals surface area contributed by atoms with Gasteiger partial charge in [0.2, 0.25) is 0 Å². The van der Waals surface area contributed by atoms with Gasteiger partial charge in [0.25, 0.3) is 5.91 Å². The van der Waals surface area contributed by atoms with E-state index in [1.165, 1.54) is 0 Å². The van der Waals surface area contributed by atoms with Crippen molar-refractivity contribution in [3.8, 4) is 10.7 Å². The highest BCUT2D eigenvalue weighted by molar-refractivity contribution is 7.21. The largest absolute Gasteiger partial charge is 0.322 e. The molecule has 0 aliphatic heterocycles. The average molecular weight is 359 g/mol. The van der Waals surface area contributed by atoms with Crippen molar-refractivity contribution in [3.05, 3.63) is 78.0 Å². The first-order valence-corrected chi connectivity index (χ1v) is 9.28. The molecule has 0 radical (unpaired) electrons. The number of nitrogens with zero attached hydrogens (tertiary/aromatic N) is 2. The van der Waals surface area contributed by atoms with Crippen LogP contribution in [0.15, 0.2) is 66.9 Å². The van der Waals surface area contributed by atoms with Gasteiger partial charge < -0.3 is 5.32 Å². The number of fused-ring (bicyclic) bond motifs is 1. The second-order valence-electron chi connectivity index (χ2n) is 5.85. The van der Waals surface area contributed by atoms with Crippen molar-refractivity contribution in [1.29, 1.82) is 0 Å². The van der Waals surface area contributed by atoms with Crippen molar-refractivity contribution in [2.24, 2.45) is 0 Å². The van der Waals surface area contributed by atoms with Gasteiger partial charge >= 0.3 is 0 Å². The van der Waals surface area contributed by atoms with Crippen LogP contribution in [0.25, 0.3) is 20.9 Å². The number of benzene rings is 2. The molecule has 4 rings (SSSR count). The normalized spacial score (nSPS) is 10.8. The standard InChI is InChI=1S/C21H17N3OS/c1-2-14-8-3-4-10-16(14)23-20(25)15-9-7-13-22-19(15)21-24-17-11-5-6-12-18(17)26-21/h3-13H,2H2,1H3,(H,23,25). The molecular formula is C21H17N3OS. The van der Waals surface area contributed by atoms with E-state index in [9.17, 15) is 4.79 Å². The number of amides is 1. The monoisotopic (exact) mass is 359 g/mol. The van der Waals surface area contributed by atoms with Crippen LogP contribution in [0.5, 0.6) is 0 Å². The Morgan fingerprint density at radius 1 is 1.04 bits per heavy atom. The number of hydrogen-bond donors (Lipinski definition) is 1. The molecule has 0 aliphatic rings. The van der Waals surface area contributed by atoms with Gasteiger partial charge in [-0.15, -0.1) is 11.3 Å². The van der Waals surface area contributed by atoms with E-state index in [1.54, 1.807) is 29.7 Å². The highest BCUT2D eigenvalue weighted by Gasteiger charge is 2.17. The minimum absolute atomic E-state index is 0.173. The number of thiazole rings is 1. The summed E-state index contributed by atoms with van der Waals surface area (Å²) in [6.45, 7) is 2.07. The van der Waals surface area contributed by atoms with Gasteiger partial charge in [-0.2, -0.15) is 0 Å². The molecule has 0 saturated heterocycles. The van der Waals surface area contributed by atoms with Crippen LogP contribution in [0.1, 0.15) is 22.8 Å². The van der Waals surface area contributed by atoms with Crippen molar-refractivity contribution in [2.45, 2.75) is 13.3 Å². The number of nitrogens with one attached hydrogen (secondary N) is 1. The molecule has 2 aromatic heterocycles. The molecule has 4 aromatic rings. The van der Waals surface area contributed by atoms with Crippen molar-refractivity contribution in [3.63, 3.8) is 0 Å². The van der Waals surface area contributed by atoms with Gasteiger partial charge in [0.1, 0.15) is 10.7 Å². The summed E-state index contributed by atoms with van der Waals surface area (Å²) in [5, 5.41) is 3.77. The Bertz CT molecular complexity index is 1050. The second-order valence-corrected chi connectivity index (χ2v) is 6.88. The van der Waals surface area contributed by atoms with Crippen molar-refractivity contribution in [1.82, 2.24) is 9.97 Å². The fourth-order valence-electron chi connectivity index (χ4n) is 2.87. The first-order valence-electron chi connectivity index (χ1n) is 8.46. The fraction of sp³-hybridized carbons (Fsp3) is 0.0952. The van der Waals surface area contributed by atoms with Crippen LogP contribution in [0.2, 0.25) is 0 Å². The van der Waals surface area contributed by atoms with Crippen LogP contribution in [-0.4, -0.2) is 15.9 Å². The number of para-hydroxylation sites is 2. The lowest BCUT2D eigenvalue weighted by molar-refractivity contribution is 0.102. The molecule has 2 heterocycles. The molecule has 26 heavy (non-hydrogen) atoms. The molecular weight excluding hydrogens is 342 g/mol. The molecule has 4 nitrogen and oxygen atoms in total. The van der Waals surface area contributed by atoms with E-state index >= 15 is 0 Å². The highest BCUT2D eigenvalue weighted by Crippen LogP contribution is 2.31. The SMILES string of the molecule is CCc1ccccc1NC(=O)c1cccnc1-c1nc2ccccc2s1. The fourth-order valence-corrected chi connectivity index (χ4v) is 3.85. The zero-order valence-electron chi connectivity index (χ0n) is 14.3. The van der Waals surface area contributed by atoms with Gasteiger partial charge in [-0.25, -0.2) is 4.98 Å². The predicted molar refractivity (Wildman–Crippen MR) is 107 cm³/mol. The molecule has 0 unspecified atom stereocenters. The molecule has 1 amide bonds. The summed E-state index contributed by atoms with van der Waals surface area (Å²) in [6.07, 6.45) is 2.55. The first-order chi connectivity index (χ1) is 12.8. The van der Waals surface area contributed by atoms with Gasteiger partial charge in [-0.1, -0.05) is 37.3 Å². The topological polar surface area (TPSA) is 54.9 Å². The number of carbonyl (C=O) groups is 1. The minimum Gasteiger partial charge on any atom is -0.322 e. The van der Waals surface area contributed by atoms with Crippen molar-refractivity contribution >= 4 is 33.1 Å². The minimum atomic E-state index is -0.173. The third kappa shape index (κ3) is 3.09. The number of aryl methyl sites for hydroxylation is 1. The number of anilines is 1. The smallest absolute Gasteiger partial charge is 0.257 e. The molecule has 0 aliphatic carbocycles. The number of hydrogen-bond acceptors (Lipinski definition) is 4.